The van der Waals surface area contributed by atoms with Gasteiger partial charge in [-0.05, 0) is 95.8 Å². The fourth-order valence-corrected chi connectivity index (χ4v) is 5.22. The number of benzene rings is 2. The third kappa shape index (κ3) is 9.85. The van der Waals surface area contributed by atoms with Gasteiger partial charge in [-0.3, -0.25) is 4.79 Å². The van der Waals surface area contributed by atoms with E-state index in [9.17, 15) is 9.59 Å². The van der Waals surface area contributed by atoms with Gasteiger partial charge in [0.25, 0.3) is 5.91 Å². The lowest BCUT2D eigenvalue weighted by molar-refractivity contribution is 0.0184. The molecule has 1 saturated heterocycles. The van der Waals surface area contributed by atoms with E-state index >= 15 is 0 Å². The van der Waals surface area contributed by atoms with Crippen molar-refractivity contribution < 1.29 is 18.7 Å². The molecule has 3 aromatic rings. The summed E-state index contributed by atoms with van der Waals surface area (Å²) in [4.78, 5) is 27.0. The van der Waals surface area contributed by atoms with Crippen LogP contribution in [0.1, 0.15) is 73.8 Å². The second kappa shape index (κ2) is 14.9. The Bertz CT molecular complexity index is 1360. The maximum absolute atomic E-state index is 12.9. The van der Waals surface area contributed by atoms with Crippen LogP contribution >= 0.6 is 11.6 Å². The number of piperidine rings is 1. The number of likely N-dealkylation sites (tertiary alicyclic amines) is 1. The minimum Gasteiger partial charge on any atom is -0.460 e. The van der Waals surface area contributed by atoms with Gasteiger partial charge in [0, 0.05) is 37.8 Å². The summed E-state index contributed by atoms with van der Waals surface area (Å²) in [5.74, 6) is 1.76. The van der Waals surface area contributed by atoms with E-state index in [2.05, 4.69) is 54.1 Å². The molecule has 232 valence electrons. The van der Waals surface area contributed by atoms with Crippen LogP contribution in [-0.2, 0) is 11.3 Å². The fraction of sp³-hybridized carbons (Fsp3) is 0.471. The molecule has 3 N–H and O–H groups in total. The van der Waals surface area contributed by atoms with Crippen LogP contribution in [-0.4, -0.2) is 55.2 Å². The highest BCUT2D eigenvalue weighted by molar-refractivity contribution is 6.34. The van der Waals surface area contributed by atoms with Crippen LogP contribution in [0.3, 0.4) is 0 Å². The van der Waals surface area contributed by atoms with E-state index in [4.69, 9.17) is 20.8 Å². The van der Waals surface area contributed by atoms with Crippen molar-refractivity contribution in [1.82, 2.24) is 20.9 Å². The van der Waals surface area contributed by atoms with Crippen molar-refractivity contribution in [3.63, 3.8) is 0 Å². The van der Waals surface area contributed by atoms with Crippen molar-refractivity contribution in [3.8, 4) is 11.3 Å². The number of hydrogen-bond acceptors (Lipinski definition) is 6. The predicted octanol–water partition coefficient (Wildman–Crippen LogP) is 6.73. The Labute approximate surface area is 260 Å². The van der Waals surface area contributed by atoms with Gasteiger partial charge in [-0.1, -0.05) is 41.4 Å². The summed E-state index contributed by atoms with van der Waals surface area (Å²) in [6.07, 6.45) is 1.62. The first-order chi connectivity index (χ1) is 20.5. The number of carbonyl (C=O) groups is 2. The van der Waals surface area contributed by atoms with Crippen LogP contribution in [0.25, 0.3) is 11.3 Å². The minimum absolute atomic E-state index is 0.187. The van der Waals surface area contributed by atoms with Crippen molar-refractivity contribution in [2.75, 3.05) is 32.7 Å². The van der Waals surface area contributed by atoms with Gasteiger partial charge < -0.3 is 30.0 Å². The van der Waals surface area contributed by atoms with Crippen LogP contribution < -0.4 is 16.0 Å². The number of nitrogens with one attached hydrogen (secondary N) is 3. The zero-order valence-corrected chi connectivity index (χ0v) is 26.7. The summed E-state index contributed by atoms with van der Waals surface area (Å²) in [7, 11) is 0. The quantitative estimate of drug-likeness (QED) is 0.209. The predicted molar refractivity (Wildman–Crippen MR) is 171 cm³/mol. The van der Waals surface area contributed by atoms with Gasteiger partial charge in [-0.15, -0.1) is 0 Å². The van der Waals surface area contributed by atoms with Crippen LogP contribution in [0.4, 0.5) is 4.79 Å². The molecule has 1 atom stereocenters. The van der Waals surface area contributed by atoms with Crippen molar-refractivity contribution in [2.45, 2.75) is 65.6 Å². The van der Waals surface area contributed by atoms with Gasteiger partial charge in [0.2, 0.25) is 0 Å². The molecule has 4 rings (SSSR count). The Hall–Kier alpha value is -3.33. The molecule has 1 fully saturated rings. The molecule has 1 aliphatic heterocycles. The molecular formula is C34H45ClN4O4. The topological polar surface area (TPSA) is 95.8 Å². The number of furan rings is 1. The average Bonchev–Trinajstić information content (AvgIpc) is 3.45. The Morgan fingerprint density at radius 1 is 1.05 bits per heavy atom. The van der Waals surface area contributed by atoms with E-state index in [1.165, 1.54) is 11.1 Å². The molecule has 1 aromatic heterocycles. The molecule has 2 amide bonds. The monoisotopic (exact) mass is 608 g/mol. The van der Waals surface area contributed by atoms with E-state index in [0.29, 0.717) is 55.0 Å². The summed E-state index contributed by atoms with van der Waals surface area (Å²) in [5, 5.41) is 10.3. The first-order valence-corrected chi connectivity index (χ1v) is 15.5. The van der Waals surface area contributed by atoms with Gasteiger partial charge in [0.1, 0.15) is 17.1 Å². The summed E-state index contributed by atoms with van der Waals surface area (Å²) in [5.41, 5.74) is 3.19. The van der Waals surface area contributed by atoms with Gasteiger partial charge in [-0.2, -0.15) is 0 Å². The molecule has 0 spiro atoms. The summed E-state index contributed by atoms with van der Waals surface area (Å²) >= 11 is 6.39. The average molecular weight is 609 g/mol. The van der Waals surface area contributed by atoms with Crippen LogP contribution in [0.5, 0.6) is 0 Å². The molecule has 8 nitrogen and oxygen atoms in total. The number of aryl methyl sites for hydroxylation is 1. The summed E-state index contributed by atoms with van der Waals surface area (Å²) < 4.78 is 11.6. The zero-order chi connectivity index (χ0) is 31.0. The largest absolute Gasteiger partial charge is 0.460 e. The second-order valence-corrected chi connectivity index (χ2v) is 12.8. The molecule has 0 bridgehead atoms. The lowest BCUT2D eigenvalue weighted by atomic mass is 9.97. The van der Waals surface area contributed by atoms with E-state index in [0.717, 1.165) is 30.7 Å². The summed E-state index contributed by atoms with van der Waals surface area (Å²) in [6.45, 7) is 13.8. The SMILES string of the molecule is Cc1ccc([C@@H](C)NCc2ccc(-c3ccc(Cl)c(C(=O)NCCNCC4CCN(C(=O)OC(C)(C)C)CC4)c3)o2)cc1. The molecule has 43 heavy (non-hydrogen) atoms. The number of hydrogen-bond donors (Lipinski definition) is 3. The van der Waals surface area contributed by atoms with E-state index in [1.54, 1.807) is 17.0 Å². The first kappa shape index (κ1) is 32.6. The minimum atomic E-state index is -0.480. The number of ether oxygens (including phenoxy) is 1. The molecule has 1 aliphatic rings. The van der Waals surface area contributed by atoms with Gasteiger partial charge in [0.05, 0.1) is 17.1 Å². The number of halogens is 1. The van der Waals surface area contributed by atoms with Gasteiger partial charge in [-0.25, -0.2) is 4.79 Å². The number of rotatable bonds is 11. The Balaban J connectivity index is 1.19. The normalized spacial score (nSPS) is 14.9. The lowest BCUT2D eigenvalue weighted by Crippen LogP contribution is -2.43. The van der Waals surface area contributed by atoms with E-state index in [1.807, 2.05) is 39.0 Å². The van der Waals surface area contributed by atoms with E-state index < -0.39 is 5.60 Å². The highest BCUT2D eigenvalue weighted by Crippen LogP contribution is 2.27. The molecular weight excluding hydrogens is 564 g/mol. The molecule has 2 heterocycles. The molecule has 0 radical (unpaired) electrons. The Kier molecular flexibility index (Phi) is 11.3. The number of carbonyl (C=O) groups excluding carboxylic acids is 2. The van der Waals surface area contributed by atoms with Gasteiger partial charge >= 0.3 is 6.09 Å². The van der Waals surface area contributed by atoms with Crippen molar-refractivity contribution in [2.24, 2.45) is 5.92 Å². The highest BCUT2D eigenvalue weighted by Gasteiger charge is 2.26. The van der Waals surface area contributed by atoms with Crippen molar-refractivity contribution in [3.05, 3.63) is 82.1 Å². The summed E-state index contributed by atoms with van der Waals surface area (Å²) in [6, 6.07) is 17.9. The molecule has 0 unspecified atom stereocenters. The molecule has 0 aliphatic carbocycles. The standard InChI is InChI=1S/C34H45ClN4O4/c1-23-6-8-26(9-7-23)24(2)38-22-28-11-13-31(42-28)27-10-12-30(35)29(20-27)32(40)37-17-16-36-21-25-14-18-39(19-15-25)33(41)43-34(3,4)5/h6-13,20,24-25,36,38H,14-19,21-22H2,1-5H3,(H,37,40)/t24-/m1/s1. The van der Waals surface area contributed by atoms with Crippen molar-refractivity contribution in [1.29, 1.82) is 0 Å². The van der Waals surface area contributed by atoms with Crippen LogP contribution in [0.2, 0.25) is 5.02 Å². The first-order valence-electron chi connectivity index (χ1n) is 15.1. The highest BCUT2D eigenvalue weighted by atomic mass is 35.5. The Morgan fingerprint density at radius 2 is 1.77 bits per heavy atom. The third-order valence-corrected chi connectivity index (χ3v) is 7.93. The fourth-order valence-electron chi connectivity index (χ4n) is 5.02. The molecule has 9 heteroatoms. The maximum Gasteiger partial charge on any atom is 0.410 e. The number of amides is 2. The third-order valence-electron chi connectivity index (χ3n) is 7.60. The van der Waals surface area contributed by atoms with Crippen LogP contribution in [0, 0.1) is 12.8 Å². The van der Waals surface area contributed by atoms with Crippen molar-refractivity contribution >= 4 is 23.6 Å². The lowest BCUT2D eigenvalue weighted by Gasteiger charge is -2.33. The zero-order valence-electron chi connectivity index (χ0n) is 26.0. The van der Waals surface area contributed by atoms with E-state index in [-0.39, 0.29) is 18.0 Å². The van der Waals surface area contributed by atoms with Gasteiger partial charge in [0.15, 0.2) is 0 Å². The van der Waals surface area contributed by atoms with Crippen LogP contribution in [0.15, 0.2) is 59.0 Å². The smallest absolute Gasteiger partial charge is 0.410 e. The molecule has 2 aromatic carbocycles. The maximum atomic E-state index is 12.9. The number of nitrogens with zero attached hydrogens (tertiary/aromatic N) is 1. The molecule has 0 saturated carbocycles. The second-order valence-electron chi connectivity index (χ2n) is 12.3. The Morgan fingerprint density at radius 3 is 2.47 bits per heavy atom.